The van der Waals surface area contributed by atoms with Gasteiger partial charge in [-0.05, 0) is 24.3 Å². The third-order valence-corrected chi connectivity index (χ3v) is 5.39. The lowest BCUT2D eigenvalue weighted by Gasteiger charge is -2.25. The molecule has 0 fully saturated rings. The standard InChI is InChI=1S/C24H21N7O4/c1-31-9-8-26-22(31)15-4-3-5-16(11-15)34-24-29-21-20(28-19(32)13-27-21)23(30-24)35-18-10-14(12-25)6-7-17(18)33-2/h3-7,10-11H,8-9,13H2,1-2H3,(H,28,32)(H,27,29,30). The lowest BCUT2D eigenvalue weighted by atomic mass is 10.2. The van der Waals surface area contributed by atoms with Crippen LogP contribution in [-0.2, 0) is 4.79 Å². The van der Waals surface area contributed by atoms with Crippen molar-refractivity contribution in [3.63, 3.8) is 0 Å². The molecule has 3 aliphatic heterocycles. The van der Waals surface area contributed by atoms with Crippen molar-refractivity contribution in [1.29, 1.82) is 5.26 Å². The van der Waals surface area contributed by atoms with Gasteiger partial charge in [0.2, 0.25) is 5.91 Å². The third kappa shape index (κ3) is 4.49. The maximum atomic E-state index is 12.0. The largest absolute Gasteiger partial charge is 0.493 e. The van der Waals surface area contributed by atoms with Crippen LogP contribution in [0, 0.1) is 11.3 Å². The molecule has 0 bridgehead atoms. The van der Waals surface area contributed by atoms with Crippen LogP contribution in [0.1, 0.15) is 11.1 Å². The zero-order valence-corrected chi connectivity index (χ0v) is 19.0. The maximum absolute atomic E-state index is 12.0. The highest BCUT2D eigenvalue weighted by atomic mass is 16.5. The van der Waals surface area contributed by atoms with Crippen LogP contribution in [-0.4, -0.2) is 62.3 Å². The summed E-state index contributed by atoms with van der Waals surface area (Å²) in [6, 6.07) is 14.4. The van der Waals surface area contributed by atoms with Gasteiger partial charge in [-0.15, -0.1) is 0 Å². The molecule has 0 saturated carbocycles. The van der Waals surface area contributed by atoms with E-state index in [9.17, 15) is 10.1 Å². The van der Waals surface area contributed by atoms with Crippen molar-refractivity contribution in [3.8, 4) is 23.3 Å². The van der Waals surface area contributed by atoms with E-state index in [0.717, 1.165) is 24.5 Å². The summed E-state index contributed by atoms with van der Waals surface area (Å²) in [5, 5.41) is 15.0. The van der Waals surface area contributed by atoms with Crippen LogP contribution in [0.2, 0.25) is 0 Å². The molecule has 2 N–H and O–H groups in total. The van der Waals surface area contributed by atoms with E-state index in [1.165, 1.54) is 13.2 Å². The Labute approximate surface area is 201 Å². The average Bonchev–Trinajstić information content (AvgIpc) is 3.30. The summed E-state index contributed by atoms with van der Waals surface area (Å²) in [7, 11) is 3.48. The van der Waals surface area contributed by atoms with Crippen molar-refractivity contribution in [2.75, 3.05) is 33.8 Å². The molecule has 0 radical (unpaired) electrons. The molecule has 11 heteroatoms. The number of nitrogens with zero attached hydrogens (tertiary/aromatic N) is 5. The zero-order valence-electron chi connectivity index (χ0n) is 19.0. The number of amides is 1. The monoisotopic (exact) mass is 471 g/mol. The molecule has 1 amide bonds. The minimum atomic E-state index is -0.307. The Morgan fingerprint density at radius 1 is 1.09 bits per heavy atom. The summed E-state index contributed by atoms with van der Waals surface area (Å²) >= 11 is 0. The van der Waals surface area contributed by atoms with Crippen molar-refractivity contribution in [3.05, 3.63) is 65.2 Å². The molecule has 11 nitrogen and oxygen atoms in total. The summed E-state index contributed by atoms with van der Waals surface area (Å²) < 4.78 is 17.4. The number of aliphatic imine (C=N–C) groups is 3. The number of carbonyl (C=O) groups excluding carboxylic acids is 1. The number of fused-ring (bicyclic) bond motifs is 1. The molecule has 2 aromatic rings. The molecule has 2 aromatic carbocycles. The Morgan fingerprint density at radius 3 is 2.74 bits per heavy atom. The van der Waals surface area contributed by atoms with Crippen LogP contribution in [0.5, 0.6) is 17.2 Å². The molecule has 3 heterocycles. The Morgan fingerprint density at radius 2 is 1.97 bits per heavy atom. The van der Waals surface area contributed by atoms with Gasteiger partial charge in [0, 0.05) is 25.2 Å². The lowest BCUT2D eigenvalue weighted by Crippen LogP contribution is -2.48. The quantitative estimate of drug-likeness (QED) is 0.673. The molecule has 0 atom stereocenters. The summed E-state index contributed by atoms with van der Waals surface area (Å²) in [4.78, 5) is 27.3. The van der Waals surface area contributed by atoms with Crippen molar-refractivity contribution in [2.24, 2.45) is 15.0 Å². The van der Waals surface area contributed by atoms with Gasteiger partial charge in [0.1, 0.15) is 23.8 Å². The Kier molecular flexibility index (Phi) is 5.76. The van der Waals surface area contributed by atoms with Gasteiger partial charge in [-0.3, -0.25) is 20.1 Å². The number of methoxy groups -OCH3 is 1. The number of likely N-dealkylation sites (N-methyl/N-ethyl adjacent to an activating group) is 1. The summed E-state index contributed by atoms with van der Waals surface area (Å²) in [6.45, 7) is 1.56. The molecule has 3 aliphatic rings. The number of benzene rings is 2. The van der Waals surface area contributed by atoms with Crippen LogP contribution >= 0.6 is 0 Å². The highest BCUT2D eigenvalue weighted by Gasteiger charge is 2.29. The van der Waals surface area contributed by atoms with Gasteiger partial charge in [0.05, 0.1) is 25.3 Å². The maximum Gasteiger partial charge on any atom is 0.304 e. The second-order valence-corrected chi connectivity index (χ2v) is 7.77. The second kappa shape index (κ2) is 9.18. The molecule has 35 heavy (non-hydrogen) atoms. The first-order chi connectivity index (χ1) is 17.0. The first kappa shape index (κ1) is 22.0. The Balaban J connectivity index is 1.48. The molecule has 0 aromatic heterocycles. The third-order valence-electron chi connectivity index (χ3n) is 5.39. The topological polar surface area (TPSA) is 133 Å². The molecule has 176 valence electrons. The van der Waals surface area contributed by atoms with Crippen LogP contribution in [0.3, 0.4) is 0 Å². The predicted molar refractivity (Wildman–Crippen MR) is 127 cm³/mol. The minimum absolute atomic E-state index is 0.0370. The minimum Gasteiger partial charge on any atom is -0.493 e. The van der Waals surface area contributed by atoms with E-state index in [0.29, 0.717) is 22.9 Å². The molecular weight excluding hydrogens is 450 g/mol. The van der Waals surface area contributed by atoms with Gasteiger partial charge >= 0.3 is 6.02 Å². The van der Waals surface area contributed by atoms with E-state index in [-0.39, 0.29) is 35.8 Å². The lowest BCUT2D eigenvalue weighted by molar-refractivity contribution is -0.119. The normalized spacial score (nSPS) is 16.8. The molecule has 5 rings (SSSR count). The number of hydrogen-bond donors (Lipinski definition) is 2. The van der Waals surface area contributed by atoms with Gasteiger partial charge < -0.3 is 24.4 Å². The number of carbonyl (C=O) groups is 1. The summed E-state index contributed by atoms with van der Waals surface area (Å²) in [5.41, 5.74) is 1.56. The van der Waals surface area contributed by atoms with Gasteiger partial charge in [0.25, 0.3) is 5.88 Å². The van der Waals surface area contributed by atoms with E-state index in [4.69, 9.17) is 14.2 Å². The number of rotatable bonds is 5. The fourth-order valence-corrected chi connectivity index (χ4v) is 3.71. The van der Waals surface area contributed by atoms with Gasteiger partial charge in [-0.25, -0.2) is 0 Å². The molecular formula is C24H21N7O4. The average molecular weight is 471 g/mol. The molecule has 0 unspecified atom stereocenters. The number of nitrogens with one attached hydrogen (secondary N) is 2. The number of hydrogen-bond acceptors (Lipinski definition) is 10. The van der Waals surface area contributed by atoms with E-state index in [2.05, 4.69) is 36.6 Å². The van der Waals surface area contributed by atoms with Crippen molar-refractivity contribution in [1.82, 2.24) is 15.5 Å². The van der Waals surface area contributed by atoms with E-state index >= 15 is 0 Å². The first-order valence-electron chi connectivity index (χ1n) is 10.8. The zero-order chi connectivity index (χ0) is 24.4. The Bertz CT molecular complexity index is 1370. The SMILES string of the molecule is COc1ccc(C#N)cc1OC1=C2NC(=O)CN=C2NC(Oc2cccc(C3=NCCN3C)c2)=N1. The fraction of sp³-hybridized carbons (Fsp3) is 0.208. The summed E-state index contributed by atoms with van der Waals surface area (Å²) in [6.07, 6.45) is 0. The predicted octanol–water partition coefficient (Wildman–Crippen LogP) is 1.37. The van der Waals surface area contributed by atoms with Gasteiger partial charge in [-0.2, -0.15) is 10.3 Å². The van der Waals surface area contributed by atoms with Gasteiger partial charge in [0.15, 0.2) is 17.3 Å². The van der Waals surface area contributed by atoms with Crippen molar-refractivity contribution >= 4 is 23.6 Å². The van der Waals surface area contributed by atoms with Crippen molar-refractivity contribution < 1.29 is 19.0 Å². The van der Waals surface area contributed by atoms with Crippen LogP contribution in [0.4, 0.5) is 0 Å². The smallest absolute Gasteiger partial charge is 0.304 e. The van der Waals surface area contributed by atoms with Crippen LogP contribution < -0.4 is 24.8 Å². The molecule has 0 aliphatic carbocycles. The molecule has 0 saturated heterocycles. The summed E-state index contributed by atoms with van der Waals surface area (Å²) in [5.74, 6) is 2.14. The second-order valence-electron chi connectivity index (χ2n) is 7.77. The van der Waals surface area contributed by atoms with E-state index < -0.39 is 0 Å². The van der Waals surface area contributed by atoms with Crippen molar-refractivity contribution in [2.45, 2.75) is 0 Å². The molecule has 0 spiro atoms. The number of nitriles is 1. The van der Waals surface area contributed by atoms with Crippen LogP contribution in [0.15, 0.2) is 69.0 Å². The highest BCUT2D eigenvalue weighted by molar-refractivity contribution is 6.13. The number of amidine groups is 3. The van der Waals surface area contributed by atoms with E-state index in [1.54, 1.807) is 18.2 Å². The van der Waals surface area contributed by atoms with Crippen LogP contribution in [0.25, 0.3) is 0 Å². The fourth-order valence-electron chi connectivity index (χ4n) is 3.71. The van der Waals surface area contributed by atoms with Gasteiger partial charge in [-0.1, -0.05) is 12.1 Å². The Hall–Kier alpha value is -4.85. The van der Waals surface area contributed by atoms with E-state index in [1.807, 2.05) is 25.2 Å². The highest BCUT2D eigenvalue weighted by Crippen LogP contribution is 2.31. The number of ether oxygens (including phenoxy) is 3. The first-order valence-corrected chi connectivity index (χ1v) is 10.8.